The van der Waals surface area contributed by atoms with Gasteiger partial charge in [-0.2, -0.15) is 0 Å². The molecule has 0 aromatic heterocycles. The number of carbonyl (C=O) groups is 1. The number of nitrogens with zero attached hydrogens (tertiary/aromatic N) is 3. The molecule has 2 aromatic rings. The summed E-state index contributed by atoms with van der Waals surface area (Å²) in [5, 5.41) is 0. The number of amides is 1. The number of halogens is 1. The number of carbonyl (C=O) groups excluding carboxylic acids is 1. The third-order valence-electron chi connectivity index (χ3n) is 5.82. The quantitative estimate of drug-likeness (QED) is 0.690. The van der Waals surface area contributed by atoms with Gasteiger partial charge in [-0.05, 0) is 48.7 Å². The highest BCUT2D eigenvalue weighted by Gasteiger charge is 2.26. The highest BCUT2D eigenvalue weighted by atomic mass is 18.2. The second-order valence-corrected chi connectivity index (χ2v) is 7.80. The summed E-state index contributed by atoms with van der Waals surface area (Å²) in [5.74, 6) is 0.0586. The largest absolute Gasteiger partial charge is 0.312 e. The molecule has 0 N–H and O–H groups in total. The van der Waals surface area contributed by atoms with Gasteiger partial charge < -0.3 is 9.80 Å². The predicted molar refractivity (Wildman–Crippen MR) is 110 cm³/mol. The Labute approximate surface area is 166 Å². The zero-order valence-electron chi connectivity index (χ0n) is 16.3. The summed E-state index contributed by atoms with van der Waals surface area (Å²) in [6.07, 6.45) is 2.70. The van der Waals surface area contributed by atoms with Crippen molar-refractivity contribution in [3.05, 3.63) is 65.5 Å². The summed E-state index contributed by atoms with van der Waals surface area (Å²) >= 11 is 0. The third kappa shape index (κ3) is 4.59. The minimum Gasteiger partial charge on any atom is -0.312 e. The van der Waals surface area contributed by atoms with Gasteiger partial charge in [-0.1, -0.05) is 30.3 Å². The van der Waals surface area contributed by atoms with Gasteiger partial charge in [0.1, 0.15) is 5.82 Å². The predicted octanol–water partition coefficient (Wildman–Crippen LogP) is 3.31. The van der Waals surface area contributed by atoms with E-state index in [1.54, 1.807) is 0 Å². The fraction of sp³-hybridized carbons (Fsp3) is 0.435. The molecule has 0 bridgehead atoms. The standard InChI is InChI=1S/C23H28FN3O/c24-21-9-7-19(8-10-21)18-26-15-13-25(14-16-26)11-3-4-12-27-22-6-2-1-5-20(22)17-23(27)28/h1-2,5-10H,3-4,11-18H2/i24-1. The van der Waals surface area contributed by atoms with Crippen molar-refractivity contribution in [3.63, 3.8) is 0 Å². The summed E-state index contributed by atoms with van der Waals surface area (Å²) in [6.45, 7) is 7.06. The Hall–Kier alpha value is -2.24. The van der Waals surface area contributed by atoms with Gasteiger partial charge in [0.15, 0.2) is 0 Å². The fourth-order valence-electron chi connectivity index (χ4n) is 4.19. The van der Waals surface area contributed by atoms with E-state index < -0.39 is 0 Å². The third-order valence-corrected chi connectivity index (χ3v) is 5.82. The molecule has 2 aliphatic heterocycles. The smallest absolute Gasteiger partial charge is 0.231 e. The van der Waals surface area contributed by atoms with E-state index in [0.29, 0.717) is 6.42 Å². The average molecular weight is 380 g/mol. The molecular formula is C23H28FN3O. The topological polar surface area (TPSA) is 26.8 Å². The maximum Gasteiger partial charge on any atom is 0.231 e. The van der Waals surface area contributed by atoms with Gasteiger partial charge in [-0.3, -0.25) is 9.69 Å². The van der Waals surface area contributed by atoms with Crippen molar-refractivity contribution in [1.82, 2.24) is 9.80 Å². The molecule has 1 fully saturated rings. The number of hydrogen-bond donors (Lipinski definition) is 0. The average Bonchev–Trinajstić information content (AvgIpc) is 3.03. The van der Waals surface area contributed by atoms with Crippen molar-refractivity contribution in [1.29, 1.82) is 0 Å². The van der Waals surface area contributed by atoms with Crippen LogP contribution in [0.5, 0.6) is 0 Å². The lowest BCUT2D eigenvalue weighted by molar-refractivity contribution is -0.117. The van der Waals surface area contributed by atoms with Crippen LogP contribution in [0.4, 0.5) is 10.1 Å². The summed E-state index contributed by atoms with van der Waals surface area (Å²) in [4.78, 5) is 19.1. The van der Waals surface area contributed by atoms with Gasteiger partial charge in [0, 0.05) is 45.0 Å². The van der Waals surface area contributed by atoms with Gasteiger partial charge in [0.25, 0.3) is 0 Å². The lowest BCUT2D eigenvalue weighted by Crippen LogP contribution is -2.46. The van der Waals surface area contributed by atoms with Crippen molar-refractivity contribution in [2.45, 2.75) is 25.8 Å². The van der Waals surface area contributed by atoms with Crippen LogP contribution >= 0.6 is 0 Å². The van der Waals surface area contributed by atoms with Crippen LogP contribution in [0.15, 0.2) is 48.5 Å². The van der Waals surface area contributed by atoms with E-state index in [4.69, 9.17) is 0 Å². The van der Waals surface area contributed by atoms with Crippen molar-refractivity contribution in [2.24, 2.45) is 0 Å². The van der Waals surface area contributed by atoms with Crippen molar-refractivity contribution in [2.75, 3.05) is 44.2 Å². The Morgan fingerprint density at radius 2 is 1.50 bits per heavy atom. The first-order valence-electron chi connectivity index (χ1n) is 10.3. The molecule has 0 aliphatic carbocycles. The number of piperazine rings is 1. The number of fused-ring (bicyclic) bond motifs is 1. The Bertz CT molecular complexity index is 800. The summed E-state index contributed by atoms with van der Waals surface area (Å²) in [5.41, 5.74) is 3.43. The zero-order chi connectivity index (χ0) is 19.3. The van der Waals surface area contributed by atoms with Crippen molar-refractivity contribution >= 4 is 11.6 Å². The number of rotatable bonds is 7. The van der Waals surface area contributed by atoms with E-state index in [9.17, 15) is 9.18 Å². The lowest BCUT2D eigenvalue weighted by atomic mass is 10.2. The molecule has 148 valence electrons. The van der Waals surface area contributed by atoms with Crippen LogP contribution < -0.4 is 4.90 Å². The molecule has 1 saturated heterocycles. The van der Waals surface area contributed by atoms with Crippen LogP contribution in [0, 0.1) is 5.82 Å². The highest BCUT2D eigenvalue weighted by Crippen LogP contribution is 2.28. The van der Waals surface area contributed by atoms with Crippen LogP contribution in [0.1, 0.15) is 24.0 Å². The molecule has 2 aliphatic rings. The first kappa shape index (κ1) is 19.1. The normalized spacial score (nSPS) is 17.9. The maximum atomic E-state index is 13.0. The van der Waals surface area contributed by atoms with E-state index >= 15 is 0 Å². The van der Waals surface area contributed by atoms with Gasteiger partial charge in [-0.25, -0.2) is 4.39 Å². The molecule has 0 atom stereocenters. The summed E-state index contributed by atoms with van der Waals surface area (Å²) in [6, 6.07) is 14.9. The zero-order valence-corrected chi connectivity index (χ0v) is 16.3. The van der Waals surface area contributed by atoms with Crippen LogP contribution in [-0.2, 0) is 17.8 Å². The molecule has 0 radical (unpaired) electrons. The Morgan fingerprint density at radius 1 is 0.821 bits per heavy atom. The first-order chi connectivity index (χ1) is 13.7. The number of hydrogen-bond acceptors (Lipinski definition) is 3. The van der Waals surface area contributed by atoms with Crippen LogP contribution in [0.3, 0.4) is 0 Å². The van der Waals surface area contributed by atoms with E-state index in [2.05, 4.69) is 21.9 Å². The van der Waals surface area contributed by atoms with Crippen LogP contribution in [0.2, 0.25) is 0 Å². The van der Waals surface area contributed by atoms with E-state index in [-0.39, 0.29) is 11.7 Å². The second-order valence-electron chi connectivity index (χ2n) is 7.80. The van der Waals surface area contributed by atoms with Gasteiger partial charge in [0.2, 0.25) is 5.91 Å². The summed E-state index contributed by atoms with van der Waals surface area (Å²) in [7, 11) is 0. The van der Waals surface area contributed by atoms with E-state index in [1.165, 1.54) is 17.7 Å². The SMILES string of the molecule is O=C1Cc2ccccc2N1CCCCN1CCN(Cc2ccc([18F])cc2)CC1. The molecule has 0 unspecified atom stereocenters. The van der Waals surface area contributed by atoms with Crippen LogP contribution in [0.25, 0.3) is 0 Å². The van der Waals surface area contributed by atoms with Crippen molar-refractivity contribution in [3.8, 4) is 0 Å². The Kier molecular flexibility index (Phi) is 6.03. The molecule has 5 heteroatoms. The Morgan fingerprint density at radius 3 is 2.29 bits per heavy atom. The van der Waals surface area contributed by atoms with Crippen molar-refractivity contribution < 1.29 is 9.18 Å². The molecule has 28 heavy (non-hydrogen) atoms. The van der Waals surface area contributed by atoms with Gasteiger partial charge in [0.05, 0.1) is 6.42 Å². The molecular weight excluding hydrogens is 352 g/mol. The monoisotopic (exact) mass is 380 g/mol. The molecule has 0 spiro atoms. The number of anilines is 1. The summed E-state index contributed by atoms with van der Waals surface area (Å²) < 4.78 is 13.0. The molecule has 4 nitrogen and oxygen atoms in total. The first-order valence-corrected chi connectivity index (χ1v) is 10.3. The second kappa shape index (κ2) is 8.84. The Balaban J connectivity index is 1.15. The number of benzene rings is 2. The highest BCUT2D eigenvalue weighted by molar-refractivity contribution is 6.01. The van der Waals surface area contributed by atoms with Gasteiger partial charge >= 0.3 is 0 Å². The molecule has 1 amide bonds. The fourth-order valence-corrected chi connectivity index (χ4v) is 4.19. The molecule has 4 rings (SSSR count). The number of para-hydroxylation sites is 1. The minimum absolute atomic E-state index is 0.173. The lowest BCUT2D eigenvalue weighted by Gasteiger charge is -2.34. The van der Waals surface area contributed by atoms with Gasteiger partial charge in [-0.15, -0.1) is 0 Å². The molecule has 0 saturated carbocycles. The molecule has 2 heterocycles. The van der Waals surface area contributed by atoms with E-state index in [1.807, 2.05) is 29.2 Å². The van der Waals surface area contributed by atoms with Crippen LogP contribution in [-0.4, -0.2) is 55.0 Å². The minimum atomic E-state index is -0.173. The maximum absolute atomic E-state index is 13.0. The number of unbranched alkanes of at least 4 members (excludes halogenated alkanes) is 1. The molecule has 2 aromatic carbocycles. The van der Waals surface area contributed by atoms with E-state index in [0.717, 1.165) is 69.9 Å².